The second-order valence-corrected chi connectivity index (χ2v) is 3.59. The number of benzene rings is 1. The van der Waals surface area contributed by atoms with Crippen LogP contribution in [0.25, 0.3) is 0 Å². The molecule has 0 saturated carbocycles. The SMILES string of the molecule is CCCc1ccc(OC)c(CBr)c1. The molecular formula is C11H15BrO. The van der Waals surface area contributed by atoms with Gasteiger partial charge in [-0.3, -0.25) is 0 Å². The van der Waals surface area contributed by atoms with E-state index in [-0.39, 0.29) is 0 Å². The van der Waals surface area contributed by atoms with E-state index in [0.717, 1.165) is 17.5 Å². The van der Waals surface area contributed by atoms with Crippen molar-refractivity contribution in [1.82, 2.24) is 0 Å². The van der Waals surface area contributed by atoms with E-state index >= 15 is 0 Å². The molecule has 0 aliphatic heterocycles. The van der Waals surface area contributed by atoms with Gasteiger partial charge in [-0.2, -0.15) is 0 Å². The van der Waals surface area contributed by atoms with Crippen molar-refractivity contribution in [3.05, 3.63) is 29.3 Å². The molecule has 0 N–H and O–H groups in total. The van der Waals surface area contributed by atoms with Crippen LogP contribution in [0.5, 0.6) is 5.75 Å². The number of halogens is 1. The Labute approximate surface area is 88.2 Å². The van der Waals surface area contributed by atoms with Gasteiger partial charge in [-0.1, -0.05) is 41.4 Å². The Morgan fingerprint density at radius 2 is 2.15 bits per heavy atom. The van der Waals surface area contributed by atoms with E-state index in [2.05, 4.69) is 35.0 Å². The summed E-state index contributed by atoms with van der Waals surface area (Å²) in [6.45, 7) is 2.19. The lowest BCUT2D eigenvalue weighted by atomic mass is 10.1. The van der Waals surface area contributed by atoms with Crippen LogP contribution in [0.2, 0.25) is 0 Å². The fraction of sp³-hybridized carbons (Fsp3) is 0.455. The van der Waals surface area contributed by atoms with Crippen molar-refractivity contribution in [3.63, 3.8) is 0 Å². The van der Waals surface area contributed by atoms with E-state index in [1.54, 1.807) is 7.11 Å². The molecule has 0 aliphatic rings. The molecule has 0 fully saturated rings. The number of aryl methyl sites for hydroxylation is 1. The first-order valence-electron chi connectivity index (χ1n) is 4.53. The van der Waals surface area contributed by atoms with Crippen LogP contribution in [0.3, 0.4) is 0 Å². The molecule has 0 bridgehead atoms. The Bertz CT molecular complexity index is 271. The number of hydrogen-bond donors (Lipinski definition) is 0. The number of methoxy groups -OCH3 is 1. The minimum absolute atomic E-state index is 0.855. The van der Waals surface area contributed by atoms with E-state index < -0.39 is 0 Å². The molecular weight excluding hydrogens is 228 g/mol. The maximum atomic E-state index is 5.24. The maximum Gasteiger partial charge on any atom is 0.122 e. The zero-order valence-corrected chi connectivity index (χ0v) is 9.73. The van der Waals surface area contributed by atoms with Crippen molar-refractivity contribution in [2.45, 2.75) is 25.1 Å². The molecule has 1 aromatic carbocycles. The average Bonchev–Trinajstić information content (AvgIpc) is 2.18. The fourth-order valence-corrected chi connectivity index (χ4v) is 1.82. The molecule has 0 atom stereocenters. The van der Waals surface area contributed by atoms with Gasteiger partial charge in [-0.25, -0.2) is 0 Å². The first-order valence-corrected chi connectivity index (χ1v) is 5.65. The Kier molecular flexibility index (Phi) is 4.29. The van der Waals surface area contributed by atoms with Crippen LogP contribution in [0.4, 0.5) is 0 Å². The molecule has 1 nitrogen and oxygen atoms in total. The molecule has 13 heavy (non-hydrogen) atoms. The summed E-state index contributed by atoms with van der Waals surface area (Å²) in [5, 5.41) is 0.855. The summed E-state index contributed by atoms with van der Waals surface area (Å²) in [4.78, 5) is 0. The molecule has 1 rings (SSSR count). The number of rotatable bonds is 4. The second-order valence-electron chi connectivity index (χ2n) is 3.03. The van der Waals surface area contributed by atoms with E-state index in [1.165, 1.54) is 17.5 Å². The molecule has 1 aromatic rings. The Morgan fingerprint density at radius 1 is 1.38 bits per heavy atom. The van der Waals surface area contributed by atoms with E-state index in [4.69, 9.17) is 4.74 Å². The summed E-state index contributed by atoms with van der Waals surface area (Å²) in [7, 11) is 1.71. The average molecular weight is 243 g/mol. The molecule has 0 radical (unpaired) electrons. The van der Waals surface area contributed by atoms with Crippen LogP contribution in [0.1, 0.15) is 24.5 Å². The third-order valence-corrected chi connectivity index (χ3v) is 2.63. The molecule has 0 aliphatic carbocycles. The topological polar surface area (TPSA) is 9.23 Å². The lowest BCUT2D eigenvalue weighted by Gasteiger charge is -2.07. The Balaban J connectivity index is 2.91. The van der Waals surface area contributed by atoms with E-state index in [1.807, 2.05) is 6.07 Å². The van der Waals surface area contributed by atoms with Crippen LogP contribution < -0.4 is 4.74 Å². The lowest BCUT2D eigenvalue weighted by molar-refractivity contribution is 0.411. The Hall–Kier alpha value is -0.500. The lowest BCUT2D eigenvalue weighted by Crippen LogP contribution is -1.91. The molecule has 0 spiro atoms. The smallest absolute Gasteiger partial charge is 0.122 e. The standard InChI is InChI=1S/C11H15BrO/c1-3-4-9-5-6-11(13-2)10(7-9)8-12/h5-7H,3-4,8H2,1-2H3. The van der Waals surface area contributed by atoms with Gasteiger partial charge in [0.2, 0.25) is 0 Å². The first-order chi connectivity index (χ1) is 6.31. The third-order valence-electron chi connectivity index (χ3n) is 2.03. The maximum absolute atomic E-state index is 5.24. The predicted octanol–water partition coefficient (Wildman–Crippen LogP) is 3.54. The molecule has 0 saturated heterocycles. The highest BCUT2D eigenvalue weighted by Crippen LogP contribution is 2.22. The third kappa shape index (κ3) is 2.73. The van der Waals surface area contributed by atoms with Gasteiger partial charge in [0.1, 0.15) is 5.75 Å². The van der Waals surface area contributed by atoms with Gasteiger partial charge in [0.15, 0.2) is 0 Å². The summed E-state index contributed by atoms with van der Waals surface area (Å²) < 4.78 is 5.24. The Morgan fingerprint density at radius 3 is 2.69 bits per heavy atom. The van der Waals surface area contributed by atoms with Crippen molar-refractivity contribution in [2.75, 3.05) is 7.11 Å². The fourth-order valence-electron chi connectivity index (χ4n) is 1.38. The number of alkyl halides is 1. The van der Waals surface area contributed by atoms with Crippen molar-refractivity contribution < 1.29 is 4.74 Å². The summed E-state index contributed by atoms with van der Waals surface area (Å²) in [6.07, 6.45) is 2.33. The highest BCUT2D eigenvalue weighted by atomic mass is 79.9. The zero-order valence-electron chi connectivity index (χ0n) is 8.14. The second kappa shape index (κ2) is 5.28. The highest BCUT2D eigenvalue weighted by Gasteiger charge is 2.01. The quantitative estimate of drug-likeness (QED) is 0.735. The predicted molar refractivity (Wildman–Crippen MR) is 59.6 cm³/mol. The van der Waals surface area contributed by atoms with Crippen LogP contribution in [0, 0.1) is 0 Å². The van der Waals surface area contributed by atoms with Gasteiger partial charge in [0.25, 0.3) is 0 Å². The highest BCUT2D eigenvalue weighted by molar-refractivity contribution is 9.08. The van der Waals surface area contributed by atoms with Gasteiger partial charge in [-0.05, 0) is 18.1 Å². The zero-order chi connectivity index (χ0) is 9.68. The van der Waals surface area contributed by atoms with Crippen LogP contribution >= 0.6 is 15.9 Å². The van der Waals surface area contributed by atoms with Gasteiger partial charge >= 0.3 is 0 Å². The molecule has 2 heteroatoms. The molecule has 0 heterocycles. The molecule has 72 valence electrons. The molecule has 0 aromatic heterocycles. The van der Waals surface area contributed by atoms with E-state index in [0.29, 0.717) is 0 Å². The van der Waals surface area contributed by atoms with Crippen molar-refractivity contribution >= 4 is 15.9 Å². The summed E-state index contributed by atoms with van der Waals surface area (Å²) in [5.74, 6) is 0.969. The first kappa shape index (κ1) is 10.6. The van der Waals surface area contributed by atoms with Gasteiger partial charge < -0.3 is 4.74 Å². The van der Waals surface area contributed by atoms with Gasteiger partial charge in [0, 0.05) is 10.9 Å². The summed E-state index contributed by atoms with van der Waals surface area (Å²) >= 11 is 3.45. The van der Waals surface area contributed by atoms with Crippen LogP contribution in [-0.2, 0) is 11.8 Å². The van der Waals surface area contributed by atoms with Crippen LogP contribution in [-0.4, -0.2) is 7.11 Å². The number of hydrogen-bond acceptors (Lipinski definition) is 1. The minimum atomic E-state index is 0.855. The largest absolute Gasteiger partial charge is 0.496 e. The monoisotopic (exact) mass is 242 g/mol. The van der Waals surface area contributed by atoms with Crippen LogP contribution in [0.15, 0.2) is 18.2 Å². The minimum Gasteiger partial charge on any atom is -0.496 e. The van der Waals surface area contributed by atoms with Gasteiger partial charge in [0.05, 0.1) is 7.11 Å². The summed E-state index contributed by atoms with van der Waals surface area (Å²) in [6, 6.07) is 6.38. The summed E-state index contributed by atoms with van der Waals surface area (Å²) in [5.41, 5.74) is 2.62. The van der Waals surface area contributed by atoms with Crippen molar-refractivity contribution in [1.29, 1.82) is 0 Å². The van der Waals surface area contributed by atoms with Crippen molar-refractivity contribution in [3.8, 4) is 5.75 Å². The molecule has 0 unspecified atom stereocenters. The molecule has 0 amide bonds. The number of ether oxygens (including phenoxy) is 1. The van der Waals surface area contributed by atoms with Crippen molar-refractivity contribution in [2.24, 2.45) is 0 Å². The van der Waals surface area contributed by atoms with Gasteiger partial charge in [-0.15, -0.1) is 0 Å². The normalized spacial score (nSPS) is 10.1. The van der Waals surface area contributed by atoms with E-state index in [9.17, 15) is 0 Å².